The summed E-state index contributed by atoms with van der Waals surface area (Å²) in [6.07, 6.45) is 0. The predicted octanol–water partition coefficient (Wildman–Crippen LogP) is 13.6. The Balaban J connectivity index is 1.20. The van der Waals surface area contributed by atoms with Crippen LogP contribution in [0.2, 0.25) is 0 Å². The van der Waals surface area contributed by atoms with Gasteiger partial charge in [0.15, 0.2) is 0 Å². The number of benzene rings is 8. The molecule has 2 nitrogen and oxygen atoms in total. The van der Waals surface area contributed by atoms with E-state index in [-0.39, 0.29) is 72.9 Å². The van der Waals surface area contributed by atoms with Crippen LogP contribution in [0.5, 0.6) is 0 Å². The molecule has 3 aromatic heterocycles. The lowest BCUT2D eigenvalue weighted by Crippen LogP contribution is -1.95. The van der Waals surface area contributed by atoms with Gasteiger partial charge in [-0.25, -0.2) is 0 Å². The van der Waals surface area contributed by atoms with E-state index in [1.807, 2.05) is 78.9 Å². The van der Waals surface area contributed by atoms with Crippen molar-refractivity contribution in [2.24, 2.45) is 0 Å². The summed E-state index contributed by atoms with van der Waals surface area (Å²) in [5.74, 6) is 0. The molecule has 0 saturated heterocycles. The predicted molar refractivity (Wildman–Crippen MR) is 219 cm³/mol. The summed E-state index contributed by atoms with van der Waals surface area (Å²) < 4.78 is 144. The quantitative estimate of drug-likeness (QED) is 0.175. The second-order valence-corrected chi connectivity index (χ2v) is 13.1. The van der Waals surface area contributed by atoms with E-state index in [2.05, 4.69) is 0 Å². The van der Waals surface area contributed by atoms with Gasteiger partial charge >= 0.3 is 0 Å². The molecule has 0 atom stereocenters. The highest BCUT2D eigenvalue weighted by atomic mass is 32.1. The maximum Gasteiger partial charge on any atom is 0.0652 e. The van der Waals surface area contributed by atoms with E-state index in [1.165, 1.54) is 0 Å². The number of thiophene rings is 1. The van der Waals surface area contributed by atoms with Crippen molar-refractivity contribution in [2.75, 3.05) is 0 Å². The molecule has 0 radical (unpaired) electrons. The standard InChI is InChI=1S/C48H30N2S/c1-3-13-31(14-4-1)39-29-35(30-42-38-19-9-12-22-47(38)51-48(39)42)50-44-21-11-8-18-37(44)41-28-33(24-26-46(41)50)32-23-25-45-40(27-32)36-17-7-10-20-43(36)49(45)34-15-5-2-6-16-34/h1-30H/i1D,2D,3D,4D,5D,6D,9D,12D,13D,14D,15D,16D,19D,22D,29D,30D. The summed E-state index contributed by atoms with van der Waals surface area (Å²) in [6, 6.07) is 18.8. The molecule has 11 rings (SSSR count). The van der Waals surface area contributed by atoms with Crippen LogP contribution in [0.1, 0.15) is 21.9 Å². The number of hydrogen-bond donors (Lipinski definition) is 0. The number of rotatable bonds is 4. The molecule has 0 unspecified atom stereocenters. The van der Waals surface area contributed by atoms with Gasteiger partial charge in [0.25, 0.3) is 0 Å². The van der Waals surface area contributed by atoms with Crippen LogP contribution >= 0.6 is 11.3 Å². The Morgan fingerprint density at radius 2 is 0.961 bits per heavy atom. The molecule has 0 N–H and O–H groups in total. The number of aromatic nitrogens is 2. The summed E-state index contributed by atoms with van der Waals surface area (Å²) in [6.45, 7) is 0. The summed E-state index contributed by atoms with van der Waals surface area (Å²) in [5.41, 5.74) is 3.59. The van der Waals surface area contributed by atoms with Gasteiger partial charge in [0.1, 0.15) is 0 Å². The first-order chi connectivity index (χ1) is 32.0. The van der Waals surface area contributed by atoms with Gasteiger partial charge < -0.3 is 9.13 Å². The van der Waals surface area contributed by atoms with E-state index < -0.39 is 66.5 Å². The Bertz CT molecular complexity index is 4020. The lowest BCUT2D eigenvalue weighted by atomic mass is 10.0. The van der Waals surface area contributed by atoms with Crippen molar-refractivity contribution in [3.05, 3.63) is 182 Å². The van der Waals surface area contributed by atoms with Gasteiger partial charge in [0.2, 0.25) is 0 Å². The zero-order valence-corrected chi connectivity index (χ0v) is 27.2. The van der Waals surface area contributed by atoms with E-state index >= 15 is 0 Å². The van der Waals surface area contributed by atoms with E-state index in [0.717, 1.165) is 44.0 Å². The highest BCUT2D eigenvalue weighted by Gasteiger charge is 2.19. The maximum atomic E-state index is 9.94. The van der Waals surface area contributed by atoms with Gasteiger partial charge in [0, 0.05) is 58.7 Å². The minimum absolute atomic E-state index is 0.0252. The van der Waals surface area contributed by atoms with Crippen LogP contribution in [0.15, 0.2) is 182 Å². The van der Waals surface area contributed by atoms with E-state index in [9.17, 15) is 2.74 Å². The van der Waals surface area contributed by atoms with Crippen LogP contribution in [-0.4, -0.2) is 9.13 Å². The van der Waals surface area contributed by atoms with Crippen molar-refractivity contribution in [1.29, 1.82) is 0 Å². The van der Waals surface area contributed by atoms with Gasteiger partial charge in [-0.3, -0.25) is 0 Å². The van der Waals surface area contributed by atoms with Crippen LogP contribution in [0, 0.1) is 0 Å². The number of nitrogens with zero attached hydrogens (tertiary/aromatic N) is 2. The molecule has 0 fully saturated rings. The molecule has 0 aliphatic rings. The first-order valence-electron chi connectivity index (χ1n) is 24.1. The van der Waals surface area contributed by atoms with Gasteiger partial charge in [-0.15, -0.1) is 11.3 Å². The van der Waals surface area contributed by atoms with Gasteiger partial charge in [0.05, 0.1) is 44.0 Å². The normalized spacial score (nSPS) is 16.3. The van der Waals surface area contributed by atoms with Crippen LogP contribution in [-0.2, 0) is 0 Å². The third-order valence-corrected chi connectivity index (χ3v) is 10.5. The molecule has 3 heteroatoms. The SMILES string of the molecule is [2H]c1c([2H])c([2H])c(-c2c([2H])c(-n3c4ccccc4c4cc(-c5ccc6c(c5)c5ccccc5n6-c5c([2H])c([2H])c([2H])c([2H])c5[2H])ccc43)c([2H])c3c2sc2c([2H])c([2H])c([2H])c([2H])c23)c([2H])c1[2H]. The van der Waals surface area contributed by atoms with Gasteiger partial charge in [-0.1, -0.05) is 115 Å². The van der Waals surface area contributed by atoms with Crippen LogP contribution in [0.3, 0.4) is 0 Å². The van der Waals surface area contributed by atoms with Crippen molar-refractivity contribution in [3.63, 3.8) is 0 Å². The number of hydrogen-bond acceptors (Lipinski definition) is 1. The monoisotopic (exact) mass is 682 g/mol. The highest BCUT2D eigenvalue weighted by molar-refractivity contribution is 7.26. The third kappa shape index (κ3) is 4.29. The van der Waals surface area contributed by atoms with Crippen molar-refractivity contribution < 1.29 is 21.9 Å². The lowest BCUT2D eigenvalue weighted by Gasteiger charge is -2.13. The molecule has 0 amide bonds. The molecule has 0 bridgehead atoms. The Kier molecular flexibility index (Phi) is 3.68. The summed E-state index contributed by atoms with van der Waals surface area (Å²) >= 11 is 0.885. The smallest absolute Gasteiger partial charge is 0.0652 e. The van der Waals surface area contributed by atoms with Crippen molar-refractivity contribution in [2.45, 2.75) is 0 Å². The Morgan fingerprint density at radius 1 is 0.412 bits per heavy atom. The molecule has 3 heterocycles. The molecule has 8 aromatic carbocycles. The zero-order valence-electron chi connectivity index (χ0n) is 42.4. The summed E-state index contributed by atoms with van der Waals surface area (Å²) in [5, 5.41) is 3.10. The van der Waals surface area contributed by atoms with Crippen molar-refractivity contribution in [3.8, 4) is 33.6 Å². The van der Waals surface area contributed by atoms with Crippen LogP contribution in [0.25, 0.3) is 97.4 Å². The summed E-state index contributed by atoms with van der Waals surface area (Å²) in [4.78, 5) is 0. The first kappa shape index (κ1) is 17.0. The molecular formula is C48H30N2S. The summed E-state index contributed by atoms with van der Waals surface area (Å²) in [7, 11) is 0. The lowest BCUT2D eigenvalue weighted by molar-refractivity contribution is 1.18. The Labute approximate surface area is 321 Å². The largest absolute Gasteiger partial charge is 0.309 e. The van der Waals surface area contributed by atoms with Gasteiger partial charge in [-0.05, 0) is 83.3 Å². The molecule has 0 spiro atoms. The Morgan fingerprint density at radius 3 is 1.63 bits per heavy atom. The molecule has 11 aromatic rings. The fraction of sp³-hybridized carbons (Fsp3) is 0. The Hall–Kier alpha value is -6.42. The van der Waals surface area contributed by atoms with Crippen molar-refractivity contribution in [1.82, 2.24) is 9.13 Å². The zero-order chi connectivity index (χ0) is 47.4. The topological polar surface area (TPSA) is 9.86 Å². The maximum absolute atomic E-state index is 9.94. The first-order valence-corrected chi connectivity index (χ1v) is 16.9. The van der Waals surface area contributed by atoms with Gasteiger partial charge in [-0.2, -0.15) is 0 Å². The molecule has 51 heavy (non-hydrogen) atoms. The number of para-hydroxylation sites is 3. The van der Waals surface area contributed by atoms with Crippen LogP contribution in [0.4, 0.5) is 0 Å². The number of fused-ring (bicyclic) bond motifs is 9. The fourth-order valence-electron chi connectivity index (χ4n) is 7.25. The fourth-order valence-corrected chi connectivity index (χ4v) is 8.32. The molecular weight excluding hydrogens is 637 g/mol. The highest BCUT2D eigenvalue weighted by Crippen LogP contribution is 2.44. The van der Waals surface area contributed by atoms with Crippen molar-refractivity contribution >= 4 is 75.1 Å². The molecule has 0 aliphatic heterocycles. The van der Waals surface area contributed by atoms with E-state index in [0.29, 0.717) is 22.1 Å². The van der Waals surface area contributed by atoms with E-state index in [4.69, 9.17) is 19.2 Å². The minimum Gasteiger partial charge on any atom is -0.309 e. The molecule has 0 aliphatic carbocycles. The third-order valence-electron chi connectivity index (χ3n) is 9.41. The van der Waals surface area contributed by atoms with E-state index in [1.54, 1.807) is 15.2 Å². The minimum atomic E-state index is -0.633. The average molecular weight is 683 g/mol. The van der Waals surface area contributed by atoms with Crippen LogP contribution < -0.4 is 0 Å². The molecule has 0 saturated carbocycles. The second kappa shape index (κ2) is 11.0. The molecule has 238 valence electrons. The average Bonchev–Trinajstić information content (AvgIpc) is 4.00. The second-order valence-electron chi connectivity index (χ2n) is 12.1.